The third-order valence-corrected chi connectivity index (χ3v) is 4.38. The highest BCUT2D eigenvalue weighted by atomic mass is 32.2. The molecule has 0 saturated heterocycles. The molecule has 0 unspecified atom stereocenters. The number of carbonyl (C=O) groups is 2. The third kappa shape index (κ3) is 14.3. The van der Waals surface area contributed by atoms with Gasteiger partial charge in [0.2, 0.25) is 5.91 Å². The van der Waals surface area contributed by atoms with Crippen molar-refractivity contribution in [3.8, 4) is 0 Å². The highest BCUT2D eigenvalue weighted by molar-refractivity contribution is 7.86. The van der Waals surface area contributed by atoms with Gasteiger partial charge in [0.25, 0.3) is 20.2 Å². The third-order valence-electron chi connectivity index (χ3n) is 2.77. The molecule has 0 aromatic heterocycles. The molecular weight excluding hydrogens is 352 g/mol. The van der Waals surface area contributed by atoms with E-state index in [0.29, 0.717) is 0 Å². The monoisotopic (exact) mass is 374 g/mol. The minimum atomic E-state index is -4.08. The summed E-state index contributed by atoms with van der Waals surface area (Å²) in [5.41, 5.74) is 5.52. The lowest BCUT2D eigenvalue weighted by atomic mass is 10.1. The van der Waals surface area contributed by atoms with Crippen molar-refractivity contribution in [1.82, 2.24) is 5.32 Å². The fourth-order valence-electron chi connectivity index (χ4n) is 1.64. The average molecular weight is 374 g/mol. The minimum Gasteiger partial charge on any atom is -0.355 e. The summed E-state index contributed by atoms with van der Waals surface area (Å²) in [6.07, 6.45) is 0.207. The molecule has 0 heterocycles. The second-order valence-electron chi connectivity index (χ2n) is 5.02. The SMILES string of the molecule is N[C@@H](CC(=O)CCCCS(=O)(=O)O)C(=O)NCCCS(=O)(=O)O. The Labute approximate surface area is 135 Å². The van der Waals surface area contributed by atoms with Gasteiger partial charge < -0.3 is 11.1 Å². The molecule has 0 aliphatic rings. The topological polar surface area (TPSA) is 181 Å². The van der Waals surface area contributed by atoms with Crippen LogP contribution in [-0.2, 0) is 29.8 Å². The van der Waals surface area contributed by atoms with Crippen LogP contribution in [0.15, 0.2) is 0 Å². The van der Waals surface area contributed by atoms with Crippen LogP contribution in [0, 0.1) is 0 Å². The first-order chi connectivity index (χ1) is 10.4. The number of ketones is 1. The molecule has 0 spiro atoms. The van der Waals surface area contributed by atoms with Gasteiger partial charge in [-0.05, 0) is 19.3 Å². The van der Waals surface area contributed by atoms with Crippen LogP contribution in [0.4, 0.5) is 0 Å². The summed E-state index contributed by atoms with van der Waals surface area (Å²) in [5, 5.41) is 2.34. The Morgan fingerprint density at radius 2 is 1.48 bits per heavy atom. The summed E-state index contributed by atoms with van der Waals surface area (Å²) in [7, 11) is -8.12. The minimum absolute atomic E-state index is 0.00509. The number of hydrogen-bond acceptors (Lipinski definition) is 7. The van der Waals surface area contributed by atoms with Crippen molar-refractivity contribution >= 4 is 31.9 Å². The number of hydrogen-bond donors (Lipinski definition) is 4. The summed E-state index contributed by atoms with van der Waals surface area (Å²) < 4.78 is 58.9. The first kappa shape index (κ1) is 21.9. The summed E-state index contributed by atoms with van der Waals surface area (Å²) in [5.74, 6) is -1.86. The van der Waals surface area contributed by atoms with Crippen molar-refractivity contribution in [2.24, 2.45) is 5.73 Å². The van der Waals surface area contributed by atoms with Crippen LogP contribution in [0.3, 0.4) is 0 Å². The molecule has 136 valence electrons. The van der Waals surface area contributed by atoms with Crippen LogP contribution in [0.1, 0.15) is 32.1 Å². The number of unbranched alkanes of at least 4 members (excludes halogenated alkanes) is 1. The fourth-order valence-corrected chi connectivity index (χ4v) is 2.72. The van der Waals surface area contributed by atoms with E-state index in [-0.39, 0.29) is 44.4 Å². The van der Waals surface area contributed by atoms with Gasteiger partial charge in [0.05, 0.1) is 17.5 Å². The number of amides is 1. The Bertz CT molecular complexity index is 600. The fraction of sp³-hybridized carbons (Fsp3) is 0.818. The molecule has 0 aromatic carbocycles. The van der Waals surface area contributed by atoms with Crippen LogP contribution >= 0.6 is 0 Å². The van der Waals surface area contributed by atoms with E-state index in [1.54, 1.807) is 0 Å². The Morgan fingerprint density at radius 1 is 0.957 bits per heavy atom. The second-order valence-corrected chi connectivity index (χ2v) is 8.17. The molecule has 0 radical (unpaired) electrons. The Morgan fingerprint density at radius 3 is 2.00 bits per heavy atom. The zero-order valence-corrected chi connectivity index (χ0v) is 14.1. The van der Waals surface area contributed by atoms with Crippen LogP contribution < -0.4 is 11.1 Å². The van der Waals surface area contributed by atoms with E-state index >= 15 is 0 Å². The Hall–Kier alpha value is -1.08. The molecule has 1 amide bonds. The number of carbonyl (C=O) groups excluding carboxylic acids is 2. The van der Waals surface area contributed by atoms with E-state index < -0.39 is 43.7 Å². The number of rotatable bonds is 12. The summed E-state index contributed by atoms with van der Waals surface area (Å²) >= 11 is 0. The molecule has 0 saturated carbocycles. The molecule has 5 N–H and O–H groups in total. The van der Waals surface area contributed by atoms with Crippen molar-refractivity contribution in [3.63, 3.8) is 0 Å². The lowest BCUT2D eigenvalue weighted by Gasteiger charge is -2.11. The van der Waals surface area contributed by atoms with E-state index in [0.717, 1.165) is 0 Å². The quantitative estimate of drug-likeness (QED) is 0.239. The van der Waals surface area contributed by atoms with Crippen LogP contribution in [-0.4, -0.2) is 61.7 Å². The second kappa shape index (κ2) is 9.93. The summed E-state index contributed by atoms with van der Waals surface area (Å²) in [6.45, 7) is -0.00509. The van der Waals surface area contributed by atoms with Gasteiger partial charge in [-0.15, -0.1) is 0 Å². The number of Topliss-reactive ketones (excluding diaryl/α,β-unsaturated/α-hetero) is 1. The molecule has 0 fully saturated rings. The molecule has 10 nitrogen and oxygen atoms in total. The maximum Gasteiger partial charge on any atom is 0.264 e. The highest BCUT2D eigenvalue weighted by Gasteiger charge is 2.17. The number of nitrogens with one attached hydrogen (secondary N) is 1. The van der Waals surface area contributed by atoms with Gasteiger partial charge >= 0.3 is 0 Å². The molecule has 12 heteroatoms. The molecule has 0 rings (SSSR count). The molecule has 23 heavy (non-hydrogen) atoms. The smallest absolute Gasteiger partial charge is 0.264 e. The van der Waals surface area contributed by atoms with Crippen LogP contribution in [0.5, 0.6) is 0 Å². The van der Waals surface area contributed by atoms with Gasteiger partial charge in [0.15, 0.2) is 0 Å². The number of nitrogens with two attached hydrogens (primary N) is 1. The van der Waals surface area contributed by atoms with Crippen molar-refractivity contribution < 1.29 is 35.5 Å². The van der Waals surface area contributed by atoms with Gasteiger partial charge in [-0.1, -0.05) is 0 Å². The average Bonchev–Trinajstić information content (AvgIpc) is 2.37. The van der Waals surface area contributed by atoms with E-state index in [4.69, 9.17) is 14.8 Å². The molecule has 0 aromatic rings. The zero-order chi connectivity index (χ0) is 18.1. The predicted molar refractivity (Wildman–Crippen MR) is 81.9 cm³/mol. The van der Waals surface area contributed by atoms with Crippen LogP contribution in [0.25, 0.3) is 0 Å². The highest BCUT2D eigenvalue weighted by Crippen LogP contribution is 2.03. The molecule has 0 bridgehead atoms. The maximum atomic E-state index is 11.6. The van der Waals surface area contributed by atoms with Gasteiger partial charge in [-0.2, -0.15) is 16.8 Å². The molecular formula is C11H22N2O8S2. The van der Waals surface area contributed by atoms with Crippen molar-refractivity contribution in [3.05, 3.63) is 0 Å². The maximum absolute atomic E-state index is 11.6. The standard InChI is InChI=1S/C11H22N2O8S2/c12-10(11(15)13-5-3-7-23(19,20)21)8-9(14)4-1-2-6-22(16,17)18/h10H,1-8,12H2,(H,13,15)(H,16,17,18)(H,19,20,21)/t10-/m0/s1. The van der Waals surface area contributed by atoms with E-state index in [9.17, 15) is 26.4 Å². The molecule has 0 aliphatic carbocycles. The van der Waals surface area contributed by atoms with Gasteiger partial charge in [0.1, 0.15) is 5.78 Å². The Balaban J connectivity index is 3.91. The van der Waals surface area contributed by atoms with E-state index in [2.05, 4.69) is 5.32 Å². The Kier molecular flexibility index (Phi) is 9.46. The van der Waals surface area contributed by atoms with Gasteiger partial charge in [-0.25, -0.2) is 0 Å². The first-order valence-corrected chi connectivity index (χ1v) is 10.1. The normalized spacial score (nSPS) is 13.5. The van der Waals surface area contributed by atoms with Crippen molar-refractivity contribution in [1.29, 1.82) is 0 Å². The van der Waals surface area contributed by atoms with Crippen molar-refractivity contribution in [2.45, 2.75) is 38.1 Å². The largest absolute Gasteiger partial charge is 0.355 e. The first-order valence-electron chi connectivity index (χ1n) is 6.86. The lowest BCUT2D eigenvalue weighted by molar-refractivity contribution is -0.126. The molecule has 1 atom stereocenters. The summed E-state index contributed by atoms with van der Waals surface area (Å²) in [4.78, 5) is 23.1. The zero-order valence-electron chi connectivity index (χ0n) is 12.5. The molecule has 0 aliphatic heterocycles. The van der Waals surface area contributed by atoms with E-state index in [1.807, 2.05) is 0 Å². The van der Waals surface area contributed by atoms with Crippen molar-refractivity contribution in [2.75, 3.05) is 18.1 Å². The van der Waals surface area contributed by atoms with E-state index in [1.165, 1.54) is 0 Å². The lowest BCUT2D eigenvalue weighted by Crippen LogP contribution is -2.42. The predicted octanol–water partition coefficient (Wildman–Crippen LogP) is -1.27. The van der Waals surface area contributed by atoms with Gasteiger partial charge in [0, 0.05) is 19.4 Å². The van der Waals surface area contributed by atoms with Gasteiger partial charge in [-0.3, -0.25) is 18.7 Å². The summed E-state index contributed by atoms with van der Waals surface area (Å²) in [6, 6.07) is -1.09. The van der Waals surface area contributed by atoms with Crippen LogP contribution in [0.2, 0.25) is 0 Å².